The van der Waals surface area contributed by atoms with Crippen LogP contribution in [0, 0.1) is 5.92 Å². The van der Waals surface area contributed by atoms with E-state index in [0.717, 1.165) is 50.0 Å². The van der Waals surface area contributed by atoms with E-state index >= 15 is 0 Å². The lowest BCUT2D eigenvalue weighted by atomic mass is 9.91. The second-order valence-corrected chi connectivity index (χ2v) is 7.86. The van der Waals surface area contributed by atoms with E-state index in [1.54, 1.807) is 0 Å². The van der Waals surface area contributed by atoms with Crippen LogP contribution in [0.5, 0.6) is 0 Å². The van der Waals surface area contributed by atoms with Gasteiger partial charge in [-0.25, -0.2) is 0 Å². The molecule has 0 radical (unpaired) electrons. The van der Waals surface area contributed by atoms with Crippen LogP contribution in [0.1, 0.15) is 56.8 Å². The molecule has 0 spiro atoms. The van der Waals surface area contributed by atoms with Gasteiger partial charge in [-0.1, -0.05) is 13.8 Å². The molecule has 4 rings (SSSR count). The van der Waals surface area contributed by atoms with Crippen molar-refractivity contribution in [3.05, 3.63) is 27.7 Å². The normalized spacial score (nSPS) is 21.8. The molecule has 0 bridgehead atoms. The third kappa shape index (κ3) is 2.41. The van der Waals surface area contributed by atoms with Gasteiger partial charge in [-0.3, -0.25) is 18.9 Å². The maximum absolute atomic E-state index is 13.4. The predicted octanol–water partition coefficient (Wildman–Crippen LogP) is 2.86. The number of pyridine rings is 1. The minimum atomic E-state index is 0.185. The van der Waals surface area contributed by atoms with Gasteiger partial charge >= 0.3 is 0 Å². The van der Waals surface area contributed by atoms with E-state index in [2.05, 4.69) is 28.4 Å². The molecule has 2 aromatic rings. The van der Waals surface area contributed by atoms with Crippen molar-refractivity contribution in [2.24, 2.45) is 13.0 Å². The van der Waals surface area contributed by atoms with Crippen LogP contribution in [-0.4, -0.2) is 32.3 Å². The minimum absolute atomic E-state index is 0.185. The Labute approximate surface area is 143 Å². The number of hydrogen-bond acceptors (Lipinski definition) is 3. The number of aromatic nitrogens is 3. The van der Waals surface area contributed by atoms with Gasteiger partial charge in [0.15, 0.2) is 0 Å². The summed E-state index contributed by atoms with van der Waals surface area (Å²) in [5.74, 6) is 0.612. The summed E-state index contributed by atoms with van der Waals surface area (Å²) in [4.78, 5) is 15.9. The summed E-state index contributed by atoms with van der Waals surface area (Å²) in [6, 6.07) is 0. The maximum atomic E-state index is 13.4. The highest BCUT2D eigenvalue weighted by Crippen LogP contribution is 2.32. The Morgan fingerprint density at radius 2 is 1.96 bits per heavy atom. The molecule has 5 heteroatoms. The monoisotopic (exact) mass is 328 g/mol. The molecule has 1 aliphatic heterocycles. The molecule has 1 aliphatic carbocycles. The summed E-state index contributed by atoms with van der Waals surface area (Å²) in [6.07, 6.45) is 8.65. The topological polar surface area (TPSA) is 43.1 Å². The average molecular weight is 328 g/mol. The van der Waals surface area contributed by atoms with Crippen LogP contribution in [0.4, 0.5) is 0 Å². The highest BCUT2D eigenvalue weighted by molar-refractivity contribution is 5.80. The van der Waals surface area contributed by atoms with Crippen LogP contribution >= 0.6 is 0 Å². The molecular formula is C19H28N4O. The summed E-state index contributed by atoms with van der Waals surface area (Å²) < 4.78 is 3.97. The Morgan fingerprint density at radius 3 is 2.71 bits per heavy atom. The van der Waals surface area contributed by atoms with Crippen LogP contribution in [0.3, 0.4) is 0 Å². The number of rotatable bonds is 3. The summed E-state index contributed by atoms with van der Waals surface area (Å²) in [6.45, 7) is 6.65. The van der Waals surface area contributed by atoms with Crippen molar-refractivity contribution < 1.29 is 0 Å². The zero-order valence-corrected chi connectivity index (χ0v) is 15.1. The van der Waals surface area contributed by atoms with E-state index in [4.69, 9.17) is 0 Å². The van der Waals surface area contributed by atoms with Crippen LogP contribution < -0.4 is 5.56 Å². The number of likely N-dealkylation sites (tertiary alicyclic amines) is 1. The van der Waals surface area contributed by atoms with Crippen molar-refractivity contribution >= 4 is 11.0 Å². The molecule has 130 valence electrons. The summed E-state index contributed by atoms with van der Waals surface area (Å²) >= 11 is 0. The lowest BCUT2D eigenvalue weighted by molar-refractivity contribution is 0.172. The fraction of sp³-hybridized carbons (Fsp3) is 0.684. The lowest BCUT2D eigenvalue weighted by Gasteiger charge is -2.30. The van der Waals surface area contributed by atoms with Gasteiger partial charge in [-0.2, -0.15) is 5.10 Å². The number of fused-ring (bicyclic) bond motifs is 3. The smallest absolute Gasteiger partial charge is 0.257 e. The molecule has 3 heterocycles. The minimum Gasteiger partial charge on any atom is -0.283 e. The molecule has 0 unspecified atom stereocenters. The van der Waals surface area contributed by atoms with Gasteiger partial charge in [0, 0.05) is 31.1 Å². The van der Waals surface area contributed by atoms with Crippen LogP contribution in [0.2, 0.25) is 0 Å². The van der Waals surface area contributed by atoms with E-state index in [0.29, 0.717) is 5.92 Å². The van der Waals surface area contributed by atoms with Gasteiger partial charge < -0.3 is 0 Å². The van der Waals surface area contributed by atoms with E-state index in [-0.39, 0.29) is 11.7 Å². The highest BCUT2D eigenvalue weighted by Gasteiger charge is 2.31. The Bertz CT molecular complexity index is 817. The third-order valence-electron chi connectivity index (χ3n) is 5.63. The van der Waals surface area contributed by atoms with E-state index in [1.807, 2.05) is 17.9 Å². The highest BCUT2D eigenvalue weighted by atomic mass is 16.1. The van der Waals surface area contributed by atoms with Crippen molar-refractivity contribution in [2.75, 3.05) is 13.1 Å². The predicted molar refractivity (Wildman–Crippen MR) is 96.3 cm³/mol. The van der Waals surface area contributed by atoms with Gasteiger partial charge in [0.05, 0.1) is 12.4 Å². The Hall–Kier alpha value is -1.62. The van der Waals surface area contributed by atoms with E-state index in [9.17, 15) is 4.79 Å². The first kappa shape index (κ1) is 15.9. The number of hydrogen-bond donors (Lipinski definition) is 0. The van der Waals surface area contributed by atoms with Crippen molar-refractivity contribution in [2.45, 2.75) is 58.5 Å². The SMILES string of the molecule is CC(C)CN1CCC[C@@H]1n1c(=O)c2c(c3cnn(C)c31)CCCC2. The first-order valence-electron chi connectivity index (χ1n) is 9.40. The molecule has 2 aliphatic rings. The van der Waals surface area contributed by atoms with E-state index in [1.165, 1.54) is 23.8 Å². The molecule has 0 amide bonds. The Morgan fingerprint density at radius 1 is 1.21 bits per heavy atom. The number of nitrogens with zero attached hydrogens (tertiary/aromatic N) is 4. The summed E-state index contributed by atoms with van der Waals surface area (Å²) in [5.41, 5.74) is 3.57. The fourth-order valence-electron chi connectivity index (χ4n) is 4.67. The molecule has 0 saturated carbocycles. The molecule has 24 heavy (non-hydrogen) atoms. The molecule has 1 saturated heterocycles. The second kappa shape index (κ2) is 6.03. The van der Waals surface area contributed by atoms with Crippen molar-refractivity contribution in [3.63, 3.8) is 0 Å². The lowest BCUT2D eigenvalue weighted by Crippen LogP contribution is -2.38. The quantitative estimate of drug-likeness (QED) is 0.870. The average Bonchev–Trinajstić information content (AvgIpc) is 3.15. The summed E-state index contributed by atoms with van der Waals surface area (Å²) in [7, 11) is 1.97. The van der Waals surface area contributed by atoms with Crippen molar-refractivity contribution in [1.29, 1.82) is 0 Å². The van der Waals surface area contributed by atoms with E-state index < -0.39 is 0 Å². The summed E-state index contributed by atoms with van der Waals surface area (Å²) in [5, 5.41) is 5.70. The largest absolute Gasteiger partial charge is 0.283 e. The fourth-order valence-corrected chi connectivity index (χ4v) is 4.67. The Kier molecular flexibility index (Phi) is 3.99. The zero-order chi connectivity index (χ0) is 16.8. The van der Waals surface area contributed by atoms with Crippen molar-refractivity contribution in [1.82, 2.24) is 19.2 Å². The first-order valence-corrected chi connectivity index (χ1v) is 9.40. The van der Waals surface area contributed by atoms with Crippen LogP contribution in [0.15, 0.2) is 11.0 Å². The standard InChI is InChI=1S/C19H28N4O/c1-13(2)12-22-10-6-9-17(22)23-18-16(11-20-21(18)3)14-7-4-5-8-15(14)19(23)24/h11,13,17H,4-10,12H2,1-3H3/t17-/m0/s1. The van der Waals surface area contributed by atoms with Gasteiger partial charge in [-0.15, -0.1) is 0 Å². The van der Waals surface area contributed by atoms with Crippen LogP contribution in [-0.2, 0) is 19.9 Å². The van der Waals surface area contributed by atoms with Gasteiger partial charge in [0.2, 0.25) is 0 Å². The van der Waals surface area contributed by atoms with Crippen molar-refractivity contribution in [3.8, 4) is 0 Å². The van der Waals surface area contributed by atoms with Gasteiger partial charge in [0.1, 0.15) is 5.65 Å². The first-order chi connectivity index (χ1) is 11.6. The molecule has 1 fully saturated rings. The number of aryl methyl sites for hydroxylation is 2. The van der Waals surface area contributed by atoms with Crippen LogP contribution in [0.25, 0.3) is 11.0 Å². The second-order valence-electron chi connectivity index (χ2n) is 7.86. The van der Waals surface area contributed by atoms with Gasteiger partial charge in [0.25, 0.3) is 5.56 Å². The molecule has 0 N–H and O–H groups in total. The zero-order valence-electron chi connectivity index (χ0n) is 15.1. The molecule has 5 nitrogen and oxygen atoms in total. The molecule has 0 aromatic carbocycles. The third-order valence-corrected chi connectivity index (χ3v) is 5.63. The van der Waals surface area contributed by atoms with Gasteiger partial charge in [-0.05, 0) is 50.0 Å². The Balaban J connectivity index is 1.93. The molecule has 1 atom stereocenters. The molecular weight excluding hydrogens is 300 g/mol. The molecule has 2 aromatic heterocycles. The maximum Gasteiger partial charge on any atom is 0.257 e.